The summed E-state index contributed by atoms with van der Waals surface area (Å²) in [6, 6.07) is 34.0. The highest BCUT2D eigenvalue weighted by Crippen LogP contribution is 2.41. The fourth-order valence-corrected chi connectivity index (χ4v) is 3.83. The molecule has 1 N–H and O–H groups in total. The zero-order valence-corrected chi connectivity index (χ0v) is 16.4. The number of halogens is 1. The van der Waals surface area contributed by atoms with Gasteiger partial charge in [-0.25, -0.2) is 0 Å². The lowest BCUT2D eigenvalue weighted by atomic mass is 9.82. The normalized spacial score (nSPS) is 13.1. The molecule has 28 heavy (non-hydrogen) atoms. The first-order valence-electron chi connectivity index (χ1n) is 9.30. The lowest BCUT2D eigenvalue weighted by Gasteiger charge is -2.28. The number of rotatable bonds is 4. The molecule has 0 aliphatic heterocycles. The first-order chi connectivity index (χ1) is 13.6. The highest BCUT2D eigenvalue weighted by atomic mass is 35.5. The van der Waals surface area contributed by atoms with E-state index in [0.717, 1.165) is 33.4 Å². The van der Waals surface area contributed by atoms with Crippen LogP contribution in [-0.2, 0) is 5.60 Å². The summed E-state index contributed by atoms with van der Waals surface area (Å²) >= 11 is 6.34. The van der Waals surface area contributed by atoms with Crippen LogP contribution in [0.3, 0.4) is 0 Å². The Hall–Kier alpha value is -2.87. The van der Waals surface area contributed by atoms with Crippen molar-refractivity contribution in [3.05, 3.63) is 119 Å². The summed E-state index contributed by atoms with van der Waals surface area (Å²) in [6.07, 6.45) is 0. The quantitative estimate of drug-likeness (QED) is 0.404. The first-order valence-corrected chi connectivity index (χ1v) is 9.68. The fraction of sp³-hybridized carbons (Fsp3) is 0.0769. The van der Waals surface area contributed by atoms with Crippen molar-refractivity contribution in [1.29, 1.82) is 0 Å². The van der Waals surface area contributed by atoms with E-state index in [0.29, 0.717) is 5.02 Å². The summed E-state index contributed by atoms with van der Waals surface area (Å²) in [4.78, 5) is 0. The minimum absolute atomic E-state index is 0.604. The summed E-state index contributed by atoms with van der Waals surface area (Å²) in [5.74, 6) is 0. The number of hydrogen-bond acceptors (Lipinski definition) is 1. The second-order valence-corrected chi connectivity index (χ2v) is 7.48. The van der Waals surface area contributed by atoms with E-state index >= 15 is 0 Å². The van der Waals surface area contributed by atoms with Gasteiger partial charge in [-0.3, -0.25) is 0 Å². The Labute approximate surface area is 170 Å². The molecule has 2 heteroatoms. The molecule has 1 nitrogen and oxygen atoms in total. The van der Waals surface area contributed by atoms with E-state index < -0.39 is 5.60 Å². The molecule has 1 atom stereocenters. The minimum Gasteiger partial charge on any atom is -0.381 e. The Morgan fingerprint density at radius 3 is 1.89 bits per heavy atom. The first kappa shape index (κ1) is 18.5. The van der Waals surface area contributed by atoms with Gasteiger partial charge in [0.05, 0.1) is 0 Å². The maximum absolute atomic E-state index is 11.5. The Morgan fingerprint density at radius 1 is 0.643 bits per heavy atom. The van der Waals surface area contributed by atoms with E-state index in [1.54, 1.807) is 0 Å². The van der Waals surface area contributed by atoms with Crippen LogP contribution < -0.4 is 0 Å². The van der Waals surface area contributed by atoms with Gasteiger partial charge in [0, 0.05) is 5.02 Å². The van der Waals surface area contributed by atoms with Crippen LogP contribution in [0.4, 0.5) is 0 Å². The van der Waals surface area contributed by atoms with Gasteiger partial charge < -0.3 is 5.11 Å². The van der Waals surface area contributed by atoms with Crippen molar-refractivity contribution in [2.75, 3.05) is 0 Å². The Bertz CT molecular complexity index is 1090. The third-order valence-electron chi connectivity index (χ3n) is 5.14. The monoisotopic (exact) mass is 384 g/mol. The third kappa shape index (κ3) is 3.47. The molecular formula is C26H21ClO. The molecule has 0 aliphatic rings. The average Bonchev–Trinajstić information content (AvgIpc) is 2.75. The van der Waals surface area contributed by atoms with Crippen LogP contribution in [0.15, 0.2) is 103 Å². The molecular weight excluding hydrogens is 364 g/mol. The number of hydrogen-bond donors (Lipinski definition) is 1. The van der Waals surface area contributed by atoms with Crippen molar-refractivity contribution in [2.24, 2.45) is 0 Å². The van der Waals surface area contributed by atoms with Crippen LogP contribution in [0.1, 0.15) is 18.1 Å². The maximum atomic E-state index is 11.5. The van der Waals surface area contributed by atoms with Gasteiger partial charge in [-0.15, -0.1) is 0 Å². The smallest absolute Gasteiger partial charge is 0.112 e. The average molecular weight is 385 g/mol. The van der Waals surface area contributed by atoms with Crippen molar-refractivity contribution < 1.29 is 5.11 Å². The number of benzene rings is 4. The Morgan fingerprint density at radius 2 is 1.21 bits per heavy atom. The number of aliphatic hydroxyl groups is 1. The molecule has 0 bridgehead atoms. The molecule has 1 unspecified atom stereocenters. The summed E-state index contributed by atoms with van der Waals surface area (Å²) in [6.45, 7) is 1.82. The van der Waals surface area contributed by atoms with Gasteiger partial charge >= 0.3 is 0 Å². The second kappa shape index (κ2) is 7.63. The SMILES string of the molecule is CC(O)(c1ccccc1)c1cc(Cl)ccc1-c1ccccc1-c1ccccc1. The molecule has 4 aromatic carbocycles. The third-order valence-corrected chi connectivity index (χ3v) is 5.38. The Balaban J connectivity index is 1.95. The van der Waals surface area contributed by atoms with Gasteiger partial charge in [0.25, 0.3) is 0 Å². The van der Waals surface area contributed by atoms with E-state index in [1.165, 1.54) is 0 Å². The minimum atomic E-state index is -1.18. The van der Waals surface area contributed by atoms with E-state index in [4.69, 9.17) is 11.6 Å². The highest BCUT2D eigenvalue weighted by Gasteiger charge is 2.29. The molecule has 0 radical (unpaired) electrons. The predicted molar refractivity (Wildman–Crippen MR) is 117 cm³/mol. The van der Waals surface area contributed by atoms with Crippen molar-refractivity contribution in [3.8, 4) is 22.3 Å². The van der Waals surface area contributed by atoms with Crippen LogP contribution >= 0.6 is 11.6 Å². The fourth-order valence-electron chi connectivity index (χ4n) is 3.66. The second-order valence-electron chi connectivity index (χ2n) is 7.04. The van der Waals surface area contributed by atoms with Gasteiger partial charge in [0.1, 0.15) is 5.60 Å². The largest absolute Gasteiger partial charge is 0.381 e. The van der Waals surface area contributed by atoms with E-state index in [-0.39, 0.29) is 0 Å². The Kier molecular flexibility index (Phi) is 5.04. The maximum Gasteiger partial charge on any atom is 0.112 e. The van der Waals surface area contributed by atoms with Gasteiger partial charge in [-0.2, -0.15) is 0 Å². The van der Waals surface area contributed by atoms with Gasteiger partial charge in [0.15, 0.2) is 0 Å². The molecule has 138 valence electrons. The molecule has 4 aromatic rings. The lowest BCUT2D eigenvalue weighted by Crippen LogP contribution is -2.23. The van der Waals surface area contributed by atoms with Gasteiger partial charge in [-0.05, 0) is 52.4 Å². The molecule has 0 spiro atoms. The molecule has 0 saturated carbocycles. The molecule has 0 saturated heterocycles. The van der Waals surface area contributed by atoms with Crippen LogP contribution in [-0.4, -0.2) is 5.11 Å². The van der Waals surface area contributed by atoms with Crippen LogP contribution in [0.2, 0.25) is 5.02 Å². The summed E-state index contributed by atoms with van der Waals surface area (Å²) in [5, 5.41) is 12.1. The molecule has 0 aromatic heterocycles. The van der Waals surface area contributed by atoms with Crippen molar-refractivity contribution in [3.63, 3.8) is 0 Å². The van der Waals surface area contributed by atoms with Gasteiger partial charge in [-0.1, -0.05) is 103 Å². The van der Waals surface area contributed by atoms with Crippen LogP contribution in [0, 0.1) is 0 Å². The van der Waals surface area contributed by atoms with E-state index in [1.807, 2.05) is 85.8 Å². The summed E-state index contributed by atoms with van der Waals surface area (Å²) in [5.41, 5.74) is 4.74. The molecule has 0 fully saturated rings. The van der Waals surface area contributed by atoms with Crippen molar-refractivity contribution in [1.82, 2.24) is 0 Å². The topological polar surface area (TPSA) is 20.2 Å². The predicted octanol–water partition coefficient (Wildman–Crippen LogP) is 6.93. The standard InChI is InChI=1S/C26H21ClO/c1-26(28,20-12-6-3-7-13-20)25-18-21(27)16-17-24(25)23-15-9-8-14-22(23)19-10-4-2-5-11-19/h2-18,28H,1H3. The zero-order valence-electron chi connectivity index (χ0n) is 15.6. The summed E-state index contributed by atoms with van der Waals surface area (Å²) in [7, 11) is 0. The van der Waals surface area contributed by atoms with Crippen LogP contribution in [0.5, 0.6) is 0 Å². The van der Waals surface area contributed by atoms with Crippen molar-refractivity contribution >= 4 is 11.6 Å². The van der Waals surface area contributed by atoms with Crippen LogP contribution in [0.25, 0.3) is 22.3 Å². The lowest BCUT2D eigenvalue weighted by molar-refractivity contribution is 0.103. The molecule has 0 aliphatic carbocycles. The van der Waals surface area contributed by atoms with Gasteiger partial charge in [0.2, 0.25) is 0 Å². The van der Waals surface area contributed by atoms with E-state index in [9.17, 15) is 5.11 Å². The molecule has 0 amide bonds. The van der Waals surface area contributed by atoms with Crippen molar-refractivity contribution in [2.45, 2.75) is 12.5 Å². The van der Waals surface area contributed by atoms with E-state index in [2.05, 4.69) is 24.3 Å². The zero-order chi connectivity index (χ0) is 19.6. The summed E-state index contributed by atoms with van der Waals surface area (Å²) < 4.78 is 0. The molecule has 0 heterocycles. The molecule has 4 rings (SSSR count). The highest BCUT2D eigenvalue weighted by molar-refractivity contribution is 6.30.